The fourth-order valence-corrected chi connectivity index (χ4v) is 2.50. The van der Waals surface area contributed by atoms with Crippen LogP contribution < -0.4 is 5.32 Å². The van der Waals surface area contributed by atoms with E-state index < -0.39 is 0 Å². The second-order valence-electron chi connectivity index (χ2n) is 4.75. The Hall–Kier alpha value is -0.570. The van der Waals surface area contributed by atoms with Crippen LogP contribution in [0.3, 0.4) is 0 Å². The van der Waals surface area contributed by atoms with Gasteiger partial charge < -0.3 is 10.2 Å². The molecule has 0 bridgehead atoms. The van der Waals surface area contributed by atoms with E-state index in [2.05, 4.69) is 40.5 Å². The maximum atomic E-state index is 3.28. The summed E-state index contributed by atoms with van der Waals surface area (Å²) in [7, 11) is 2.05. The minimum Gasteiger partial charge on any atom is -0.319 e. The summed E-state index contributed by atoms with van der Waals surface area (Å²) in [4.78, 5) is 2.59. The Morgan fingerprint density at radius 3 is 2.76 bits per heavy atom. The van der Waals surface area contributed by atoms with Crippen molar-refractivity contribution in [1.29, 1.82) is 0 Å². The number of hydrogen-bond acceptors (Lipinski definition) is 2. The molecule has 3 heteroatoms. The summed E-state index contributed by atoms with van der Waals surface area (Å²) in [6, 6.07) is 10.8. The van der Waals surface area contributed by atoms with Crippen LogP contribution in [0.25, 0.3) is 0 Å². The van der Waals surface area contributed by atoms with Gasteiger partial charge in [0.25, 0.3) is 0 Å². The molecule has 1 saturated heterocycles. The molecule has 1 heterocycles. The van der Waals surface area contributed by atoms with E-state index in [-0.39, 0.29) is 12.4 Å². The van der Waals surface area contributed by atoms with Crippen LogP contribution in [0.1, 0.15) is 12.0 Å². The highest BCUT2D eigenvalue weighted by atomic mass is 35.5. The highest BCUT2D eigenvalue weighted by Crippen LogP contribution is 2.15. The Morgan fingerprint density at radius 1 is 1.29 bits per heavy atom. The van der Waals surface area contributed by atoms with Crippen molar-refractivity contribution in [1.82, 2.24) is 10.2 Å². The van der Waals surface area contributed by atoms with E-state index in [1.165, 1.54) is 44.6 Å². The highest BCUT2D eigenvalue weighted by Gasteiger charge is 2.20. The van der Waals surface area contributed by atoms with Crippen molar-refractivity contribution in [2.45, 2.75) is 12.8 Å². The first-order valence-corrected chi connectivity index (χ1v) is 6.29. The first-order valence-electron chi connectivity index (χ1n) is 6.29. The molecule has 0 aromatic heterocycles. The minimum absolute atomic E-state index is 0. The predicted octanol–water partition coefficient (Wildman–Crippen LogP) is 2.19. The number of benzene rings is 1. The van der Waals surface area contributed by atoms with Crippen LogP contribution in [0.4, 0.5) is 0 Å². The van der Waals surface area contributed by atoms with Gasteiger partial charge in [-0.2, -0.15) is 0 Å². The molecular weight excluding hydrogens is 232 g/mol. The smallest absolute Gasteiger partial charge is 0.00224 e. The van der Waals surface area contributed by atoms with Gasteiger partial charge in [-0.3, -0.25) is 0 Å². The van der Waals surface area contributed by atoms with Crippen LogP contribution in [-0.4, -0.2) is 38.1 Å². The summed E-state index contributed by atoms with van der Waals surface area (Å²) in [6.07, 6.45) is 2.54. The zero-order chi connectivity index (χ0) is 11.2. The van der Waals surface area contributed by atoms with Gasteiger partial charge in [0.15, 0.2) is 0 Å². The van der Waals surface area contributed by atoms with Crippen LogP contribution in [0.2, 0.25) is 0 Å². The molecule has 0 spiro atoms. The van der Waals surface area contributed by atoms with Crippen molar-refractivity contribution < 1.29 is 0 Å². The summed E-state index contributed by atoms with van der Waals surface area (Å²) in [6.45, 7) is 4.93. The second-order valence-corrected chi connectivity index (χ2v) is 4.75. The number of nitrogens with zero attached hydrogens (tertiary/aromatic N) is 1. The number of likely N-dealkylation sites (tertiary alicyclic amines) is 1. The molecular formula is C14H23ClN2. The SMILES string of the molecule is CNCC1CCN(CCc2ccccc2)C1.Cl. The van der Waals surface area contributed by atoms with Gasteiger partial charge in [-0.05, 0) is 44.5 Å². The van der Waals surface area contributed by atoms with Crippen LogP contribution in [0.15, 0.2) is 30.3 Å². The average Bonchev–Trinajstić information content (AvgIpc) is 2.76. The van der Waals surface area contributed by atoms with E-state index in [1.807, 2.05) is 7.05 Å². The molecule has 1 aliphatic rings. The molecule has 1 aromatic carbocycles. The first-order chi connectivity index (χ1) is 7.88. The molecule has 2 nitrogen and oxygen atoms in total. The molecule has 1 aromatic rings. The topological polar surface area (TPSA) is 15.3 Å². The normalized spacial score (nSPS) is 20.2. The third-order valence-corrected chi connectivity index (χ3v) is 3.42. The van der Waals surface area contributed by atoms with Crippen molar-refractivity contribution in [2.24, 2.45) is 5.92 Å². The van der Waals surface area contributed by atoms with E-state index in [0.717, 1.165) is 5.92 Å². The third kappa shape index (κ3) is 4.66. The Bertz CT molecular complexity index is 302. The van der Waals surface area contributed by atoms with E-state index >= 15 is 0 Å². The van der Waals surface area contributed by atoms with E-state index in [1.54, 1.807) is 0 Å². The Labute approximate surface area is 111 Å². The van der Waals surface area contributed by atoms with Crippen molar-refractivity contribution in [3.63, 3.8) is 0 Å². The summed E-state index contributed by atoms with van der Waals surface area (Å²) >= 11 is 0. The number of rotatable bonds is 5. The fraction of sp³-hybridized carbons (Fsp3) is 0.571. The molecule has 96 valence electrons. The zero-order valence-corrected chi connectivity index (χ0v) is 11.4. The average molecular weight is 255 g/mol. The Morgan fingerprint density at radius 2 is 2.06 bits per heavy atom. The molecule has 2 rings (SSSR count). The zero-order valence-electron chi connectivity index (χ0n) is 10.6. The fourth-order valence-electron chi connectivity index (χ4n) is 2.50. The Kier molecular flexibility index (Phi) is 6.56. The molecule has 1 N–H and O–H groups in total. The lowest BCUT2D eigenvalue weighted by molar-refractivity contribution is 0.327. The maximum absolute atomic E-state index is 3.28. The highest BCUT2D eigenvalue weighted by molar-refractivity contribution is 5.85. The lowest BCUT2D eigenvalue weighted by atomic mass is 10.1. The molecule has 1 unspecified atom stereocenters. The van der Waals surface area contributed by atoms with Gasteiger partial charge >= 0.3 is 0 Å². The standard InChI is InChI=1S/C14H22N2.ClH/c1-15-11-14-8-10-16(12-14)9-7-13-5-3-2-4-6-13;/h2-6,14-15H,7-12H2,1H3;1H. The largest absolute Gasteiger partial charge is 0.319 e. The lowest BCUT2D eigenvalue weighted by Gasteiger charge is -2.15. The van der Waals surface area contributed by atoms with E-state index in [9.17, 15) is 0 Å². The number of halogens is 1. The van der Waals surface area contributed by atoms with Crippen molar-refractivity contribution >= 4 is 12.4 Å². The summed E-state index contributed by atoms with van der Waals surface area (Å²) in [5.74, 6) is 0.862. The van der Waals surface area contributed by atoms with Crippen molar-refractivity contribution in [3.8, 4) is 0 Å². The van der Waals surface area contributed by atoms with Crippen LogP contribution >= 0.6 is 12.4 Å². The van der Waals surface area contributed by atoms with Gasteiger partial charge in [-0.25, -0.2) is 0 Å². The number of nitrogens with one attached hydrogen (secondary N) is 1. The minimum atomic E-state index is 0. The summed E-state index contributed by atoms with van der Waals surface area (Å²) in [5, 5.41) is 3.28. The van der Waals surface area contributed by atoms with Crippen molar-refractivity contribution in [3.05, 3.63) is 35.9 Å². The third-order valence-electron chi connectivity index (χ3n) is 3.42. The van der Waals surface area contributed by atoms with Gasteiger partial charge in [0.05, 0.1) is 0 Å². The number of hydrogen-bond donors (Lipinski definition) is 1. The lowest BCUT2D eigenvalue weighted by Crippen LogP contribution is -2.26. The predicted molar refractivity (Wildman–Crippen MR) is 75.9 cm³/mol. The van der Waals surface area contributed by atoms with Crippen molar-refractivity contribution in [2.75, 3.05) is 33.2 Å². The van der Waals surface area contributed by atoms with Crippen LogP contribution in [0.5, 0.6) is 0 Å². The van der Waals surface area contributed by atoms with Gasteiger partial charge in [-0.15, -0.1) is 12.4 Å². The van der Waals surface area contributed by atoms with E-state index in [4.69, 9.17) is 0 Å². The van der Waals surface area contributed by atoms with Gasteiger partial charge in [0.1, 0.15) is 0 Å². The van der Waals surface area contributed by atoms with Crippen LogP contribution in [0, 0.1) is 5.92 Å². The molecule has 17 heavy (non-hydrogen) atoms. The van der Waals surface area contributed by atoms with E-state index in [0.29, 0.717) is 0 Å². The summed E-state index contributed by atoms with van der Waals surface area (Å²) < 4.78 is 0. The molecule has 0 amide bonds. The van der Waals surface area contributed by atoms with Gasteiger partial charge in [-0.1, -0.05) is 30.3 Å². The monoisotopic (exact) mass is 254 g/mol. The molecule has 1 aliphatic heterocycles. The molecule has 1 fully saturated rings. The molecule has 0 aliphatic carbocycles. The maximum Gasteiger partial charge on any atom is 0.00224 e. The Balaban J connectivity index is 0.00000144. The van der Waals surface area contributed by atoms with Gasteiger partial charge in [0, 0.05) is 13.1 Å². The molecule has 0 saturated carbocycles. The quantitative estimate of drug-likeness (QED) is 0.867. The summed E-state index contributed by atoms with van der Waals surface area (Å²) in [5.41, 5.74) is 1.46. The second kappa shape index (κ2) is 7.70. The molecule has 0 radical (unpaired) electrons. The molecule has 1 atom stereocenters. The van der Waals surface area contributed by atoms with Crippen LogP contribution in [-0.2, 0) is 6.42 Å². The van der Waals surface area contributed by atoms with Gasteiger partial charge in [0.2, 0.25) is 0 Å². The first kappa shape index (κ1) is 14.5.